The summed E-state index contributed by atoms with van der Waals surface area (Å²) in [4.78, 5) is 17.2. The summed E-state index contributed by atoms with van der Waals surface area (Å²) in [5.41, 5.74) is 1.36. The highest BCUT2D eigenvalue weighted by molar-refractivity contribution is 9.10. The van der Waals surface area contributed by atoms with Crippen molar-refractivity contribution in [2.75, 3.05) is 13.3 Å². The molecule has 1 aromatic heterocycles. The molecule has 0 saturated carbocycles. The average molecular weight is 385 g/mol. The smallest absolute Gasteiger partial charge is 0.270 e. The maximum absolute atomic E-state index is 12.4. The van der Waals surface area contributed by atoms with Gasteiger partial charge >= 0.3 is 0 Å². The molecular formula is C15H17BrN2O3S. The minimum atomic E-state index is -3.21. The number of nitrogens with zero attached hydrogens (tertiary/aromatic N) is 1. The lowest BCUT2D eigenvalue weighted by Crippen LogP contribution is -2.29. The van der Waals surface area contributed by atoms with E-state index in [1.807, 2.05) is 6.92 Å². The summed E-state index contributed by atoms with van der Waals surface area (Å²) in [6.45, 7) is 1.89. The number of nitrogens with one attached hydrogen (secondary N) is 1. The van der Waals surface area contributed by atoms with E-state index in [4.69, 9.17) is 0 Å². The number of carbonyl (C=O) groups excluding carboxylic acids is 1. The van der Waals surface area contributed by atoms with E-state index in [0.29, 0.717) is 5.69 Å². The minimum Gasteiger partial charge on any atom is -0.356 e. The van der Waals surface area contributed by atoms with Gasteiger partial charge in [-0.05, 0) is 46.6 Å². The summed E-state index contributed by atoms with van der Waals surface area (Å²) in [5.74, 6) is -0.134. The number of benzene rings is 1. The van der Waals surface area contributed by atoms with Crippen LogP contribution < -0.4 is 0 Å². The van der Waals surface area contributed by atoms with Gasteiger partial charge in [0.2, 0.25) is 0 Å². The van der Waals surface area contributed by atoms with Gasteiger partial charge in [-0.1, -0.05) is 12.1 Å². The topological polar surface area (TPSA) is 70.2 Å². The third kappa shape index (κ3) is 3.59. The molecule has 2 rings (SSSR count). The standard InChI is InChI=1S/C15H17BrN2O3S/c1-10(11-4-6-13(7-5-11)22(3,20)21)18(2)15(19)14-8-12(16)9-17-14/h4-10,17H,1-3H3. The van der Waals surface area contributed by atoms with Crippen molar-refractivity contribution >= 4 is 31.7 Å². The molecule has 5 nitrogen and oxygen atoms in total. The Morgan fingerprint density at radius 3 is 2.32 bits per heavy atom. The van der Waals surface area contributed by atoms with E-state index in [1.54, 1.807) is 48.5 Å². The van der Waals surface area contributed by atoms with E-state index in [1.165, 1.54) is 6.26 Å². The van der Waals surface area contributed by atoms with E-state index in [0.717, 1.165) is 10.0 Å². The molecule has 1 N–H and O–H groups in total. The number of hydrogen-bond acceptors (Lipinski definition) is 3. The van der Waals surface area contributed by atoms with Crippen LogP contribution in [0.2, 0.25) is 0 Å². The Labute approximate surface area is 138 Å². The molecule has 0 aliphatic carbocycles. The second-order valence-corrected chi connectivity index (χ2v) is 8.10. The van der Waals surface area contributed by atoms with Gasteiger partial charge in [-0.2, -0.15) is 0 Å². The molecule has 0 saturated heterocycles. The number of aromatic amines is 1. The van der Waals surface area contributed by atoms with Crippen LogP contribution >= 0.6 is 15.9 Å². The monoisotopic (exact) mass is 384 g/mol. The molecule has 0 bridgehead atoms. The lowest BCUT2D eigenvalue weighted by Gasteiger charge is -2.25. The first-order valence-electron chi connectivity index (χ1n) is 6.61. The number of rotatable bonds is 4. The Kier molecular flexibility index (Phi) is 4.77. The molecule has 1 heterocycles. The molecule has 7 heteroatoms. The van der Waals surface area contributed by atoms with Crippen LogP contribution in [0.25, 0.3) is 0 Å². The van der Waals surface area contributed by atoms with E-state index in [9.17, 15) is 13.2 Å². The predicted octanol–water partition coefficient (Wildman–Crippen LogP) is 3.01. The van der Waals surface area contributed by atoms with Crippen molar-refractivity contribution in [3.8, 4) is 0 Å². The van der Waals surface area contributed by atoms with Gasteiger partial charge in [0.25, 0.3) is 5.91 Å². The zero-order valence-corrected chi connectivity index (χ0v) is 14.9. The summed E-state index contributed by atoms with van der Waals surface area (Å²) in [5, 5.41) is 0. The third-order valence-corrected chi connectivity index (χ3v) is 5.16. The number of H-pyrrole nitrogens is 1. The quantitative estimate of drug-likeness (QED) is 0.880. The number of carbonyl (C=O) groups is 1. The molecule has 1 unspecified atom stereocenters. The second-order valence-electron chi connectivity index (χ2n) is 5.16. The van der Waals surface area contributed by atoms with Crippen LogP contribution in [-0.4, -0.2) is 37.5 Å². The van der Waals surface area contributed by atoms with Gasteiger partial charge in [-0.3, -0.25) is 4.79 Å². The van der Waals surface area contributed by atoms with Gasteiger partial charge in [-0.15, -0.1) is 0 Å². The maximum Gasteiger partial charge on any atom is 0.270 e. The molecular weight excluding hydrogens is 368 g/mol. The molecule has 118 valence electrons. The van der Waals surface area contributed by atoms with Crippen LogP contribution in [0.5, 0.6) is 0 Å². The zero-order chi connectivity index (χ0) is 16.5. The van der Waals surface area contributed by atoms with Crippen LogP contribution in [0.3, 0.4) is 0 Å². The van der Waals surface area contributed by atoms with Gasteiger partial charge in [0.05, 0.1) is 10.9 Å². The molecule has 22 heavy (non-hydrogen) atoms. The van der Waals surface area contributed by atoms with Gasteiger partial charge < -0.3 is 9.88 Å². The first kappa shape index (κ1) is 16.8. The lowest BCUT2D eigenvalue weighted by atomic mass is 10.1. The van der Waals surface area contributed by atoms with Crippen LogP contribution in [0, 0.1) is 0 Å². The molecule has 0 radical (unpaired) electrons. The molecule has 0 spiro atoms. The lowest BCUT2D eigenvalue weighted by molar-refractivity contribution is 0.0737. The number of amides is 1. The summed E-state index contributed by atoms with van der Waals surface area (Å²) >= 11 is 3.30. The SMILES string of the molecule is CC(c1ccc(S(C)(=O)=O)cc1)N(C)C(=O)c1cc(Br)c[nH]1. The zero-order valence-electron chi connectivity index (χ0n) is 12.5. The summed E-state index contributed by atoms with van der Waals surface area (Å²) in [7, 11) is -1.50. The summed E-state index contributed by atoms with van der Waals surface area (Å²) < 4.78 is 23.8. The van der Waals surface area contributed by atoms with E-state index in [2.05, 4.69) is 20.9 Å². The van der Waals surface area contributed by atoms with Crippen molar-refractivity contribution < 1.29 is 13.2 Å². The molecule has 2 aromatic rings. The van der Waals surface area contributed by atoms with Gasteiger partial charge in [0.15, 0.2) is 9.84 Å². The maximum atomic E-state index is 12.4. The predicted molar refractivity (Wildman–Crippen MR) is 88.6 cm³/mol. The largest absolute Gasteiger partial charge is 0.356 e. The number of aromatic nitrogens is 1. The molecule has 1 atom stereocenters. The normalized spacial score (nSPS) is 12.9. The van der Waals surface area contributed by atoms with Gasteiger partial charge in [0, 0.05) is 24.0 Å². The molecule has 0 fully saturated rings. The van der Waals surface area contributed by atoms with Crippen LogP contribution in [0.1, 0.15) is 29.0 Å². The first-order chi connectivity index (χ1) is 10.2. The highest BCUT2D eigenvalue weighted by atomic mass is 79.9. The van der Waals surface area contributed by atoms with Crippen molar-refractivity contribution in [2.45, 2.75) is 17.9 Å². The first-order valence-corrected chi connectivity index (χ1v) is 9.29. The highest BCUT2D eigenvalue weighted by Crippen LogP contribution is 2.23. The van der Waals surface area contributed by atoms with Crippen molar-refractivity contribution in [2.24, 2.45) is 0 Å². The van der Waals surface area contributed by atoms with E-state index < -0.39 is 9.84 Å². The number of hydrogen-bond donors (Lipinski definition) is 1. The fraction of sp³-hybridized carbons (Fsp3) is 0.267. The van der Waals surface area contributed by atoms with Crippen LogP contribution in [0.15, 0.2) is 45.9 Å². The Bertz CT molecular complexity index is 781. The highest BCUT2D eigenvalue weighted by Gasteiger charge is 2.20. The van der Waals surface area contributed by atoms with Crippen molar-refractivity contribution in [1.29, 1.82) is 0 Å². The van der Waals surface area contributed by atoms with E-state index in [-0.39, 0.29) is 16.8 Å². The van der Waals surface area contributed by atoms with Gasteiger partial charge in [0.1, 0.15) is 5.69 Å². The van der Waals surface area contributed by atoms with Crippen LogP contribution in [-0.2, 0) is 9.84 Å². The van der Waals surface area contributed by atoms with Gasteiger partial charge in [-0.25, -0.2) is 8.42 Å². The number of sulfone groups is 1. The Morgan fingerprint density at radius 2 is 1.86 bits per heavy atom. The van der Waals surface area contributed by atoms with E-state index >= 15 is 0 Å². The minimum absolute atomic E-state index is 0.134. The van der Waals surface area contributed by atoms with Crippen LogP contribution in [0.4, 0.5) is 0 Å². The molecule has 0 aliphatic rings. The molecule has 1 amide bonds. The number of halogens is 1. The van der Waals surface area contributed by atoms with Crippen molar-refractivity contribution in [3.63, 3.8) is 0 Å². The molecule has 1 aromatic carbocycles. The fourth-order valence-corrected chi connectivity index (χ4v) is 3.05. The Hall–Kier alpha value is -1.60. The summed E-state index contributed by atoms with van der Waals surface area (Å²) in [6.07, 6.45) is 2.87. The second kappa shape index (κ2) is 6.26. The Morgan fingerprint density at radius 1 is 1.27 bits per heavy atom. The Balaban J connectivity index is 2.20. The van der Waals surface area contributed by atoms with Crippen molar-refractivity contribution in [3.05, 3.63) is 52.3 Å². The summed E-state index contributed by atoms with van der Waals surface area (Å²) in [6, 6.07) is 8.13. The van der Waals surface area contributed by atoms with Crippen molar-refractivity contribution in [1.82, 2.24) is 9.88 Å². The third-order valence-electron chi connectivity index (χ3n) is 3.57. The molecule has 0 aliphatic heterocycles. The average Bonchev–Trinajstić information content (AvgIpc) is 2.90. The fourth-order valence-electron chi connectivity index (χ4n) is 2.07.